The molecule has 2 aliphatic rings. The Labute approximate surface area is 98.1 Å². The molecule has 0 aromatic carbocycles. The van der Waals surface area contributed by atoms with Gasteiger partial charge in [0.25, 0.3) is 0 Å². The number of hydrogen-bond acceptors (Lipinski definition) is 3. The fourth-order valence-electron chi connectivity index (χ4n) is 2.37. The molecule has 1 aliphatic heterocycles. The second-order valence-corrected chi connectivity index (χ2v) is 5.33. The van der Waals surface area contributed by atoms with Crippen molar-refractivity contribution in [3.8, 4) is 0 Å². The van der Waals surface area contributed by atoms with Gasteiger partial charge in [0.15, 0.2) is 0 Å². The van der Waals surface area contributed by atoms with Gasteiger partial charge in [0.2, 0.25) is 0 Å². The summed E-state index contributed by atoms with van der Waals surface area (Å²) in [6.45, 7) is 2.59. The lowest BCUT2D eigenvalue weighted by Crippen LogP contribution is -2.37. The van der Waals surface area contributed by atoms with Crippen LogP contribution in [0, 0.1) is 5.41 Å². The van der Waals surface area contributed by atoms with Crippen LogP contribution in [0.1, 0.15) is 38.5 Å². The maximum Gasteiger partial charge on any atom is 0.0808 e. The molecule has 1 unspecified atom stereocenters. The van der Waals surface area contributed by atoms with Crippen LogP contribution in [-0.2, 0) is 9.47 Å². The first-order valence-electron chi connectivity index (χ1n) is 6.15. The van der Waals surface area contributed by atoms with E-state index in [2.05, 4.69) is 12.6 Å². The number of rotatable bonds is 5. The summed E-state index contributed by atoms with van der Waals surface area (Å²) in [5, 5.41) is 0. The molecule has 2 nitrogen and oxygen atoms in total. The van der Waals surface area contributed by atoms with E-state index >= 15 is 0 Å². The van der Waals surface area contributed by atoms with Crippen LogP contribution in [-0.4, -0.2) is 31.7 Å². The summed E-state index contributed by atoms with van der Waals surface area (Å²) < 4.78 is 11.4. The zero-order valence-corrected chi connectivity index (χ0v) is 10.3. The summed E-state index contributed by atoms with van der Waals surface area (Å²) >= 11 is 4.42. The van der Waals surface area contributed by atoms with Crippen LogP contribution in [0.3, 0.4) is 0 Å². The van der Waals surface area contributed by atoms with E-state index in [4.69, 9.17) is 9.47 Å². The van der Waals surface area contributed by atoms with Crippen molar-refractivity contribution >= 4 is 12.6 Å². The molecule has 0 N–H and O–H groups in total. The molecule has 3 heteroatoms. The highest BCUT2D eigenvalue weighted by atomic mass is 32.1. The Bertz CT molecular complexity index is 181. The zero-order chi connectivity index (χ0) is 10.6. The van der Waals surface area contributed by atoms with Crippen LogP contribution in [0.15, 0.2) is 0 Å². The summed E-state index contributed by atoms with van der Waals surface area (Å²) in [5.74, 6) is 0.971. The van der Waals surface area contributed by atoms with Gasteiger partial charge in [0, 0.05) is 12.0 Å². The average molecular weight is 230 g/mol. The minimum Gasteiger partial charge on any atom is -0.378 e. The summed E-state index contributed by atoms with van der Waals surface area (Å²) in [5.41, 5.74) is 0.401. The molecule has 1 heterocycles. The lowest BCUT2D eigenvalue weighted by Gasteiger charge is -2.40. The van der Waals surface area contributed by atoms with Gasteiger partial charge in [-0.15, -0.1) is 0 Å². The average Bonchev–Trinajstić information content (AvgIpc) is 2.24. The monoisotopic (exact) mass is 230 g/mol. The standard InChI is InChI=1S/C12H22O2S/c15-10-12(5-3-6-12)9-13-8-11-4-1-2-7-14-11/h11,15H,1-10H2. The first-order valence-corrected chi connectivity index (χ1v) is 6.78. The second kappa shape index (κ2) is 5.55. The van der Waals surface area contributed by atoms with Crippen molar-refractivity contribution in [1.29, 1.82) is 0 Å². The van der Waals surface area contributed by atoms with Crippen molar-refractivity contribution in [2.45, 2.75) is 44.6 Å². The minimum atomic E-state index is 0.357. The highest BCUT2D eigenvalue weighted by molar-refractivity contribution is 7.80. The van der Waals surface area contributed by atoms with Crippen LogP contribution >= 0.6 is 12.6 Å². The van der Waals surface area contributed by atoms with E-state index in [1.807, 2.05) is 0 Å². The summed E-state index contributed by atoms with van der Waals surface area (Å²) in [4.78, 5) is 0. The Morgan fingerprint density at radius 1 is 1.27 bits per heavy atom. The molecule has 1 saturated carbocycles. The van der Waals surface area contributed by atoms with Crippen LogP contribution in [0.25, 0.3) is 0 Å². The van der Waals surface area contributed by atoms with Gasteiger partial charge in [-0.3, -0.25) is 0 Å². The number of ether oxygens (including phenoxy) is 2. The predicted molar refractivity (Wildman–Crippen MR) is 64.5 cm³/mol. The molecule has 2 rings (SSSR count). The molecule has 0 aromatic rings. The third kappa shape index (κ3) is 3.11. The van der Waals surface area contributed by atoms with Crippen molar-refractivity contribution in [3.05, 3.63) is 0 Å². The molecule has 0 amide bonds. The smallest absolute Gasteiger partial charge is 0.0808 e. The van der Waals surface area contributed by atoms with E-state index in [1.54, 1.807) is 0 Å². The normalized spacial score (nSPS) is 29.8. The predicted octanol–water partition coefficient (Wildman–Crippen LogP) is 2.67. The van der Waals surface area contributed by atoms with Crippen molar-refractivity contribution in [3.63, 3.8) is 0 Å². The Balaban J connectivity index is 1.61. The van der Waals surface area contributed by atoms with Crippen molar-refractivity contribution in [2.75, 3.05) is 25.6 Å². The van der Waals surface area contributed by atoms with Gasteiger partial charge in [0.05, 0.1) is 19.3 Å². The van der Waals surface area contributed by atoms with Crippen molar-refractivity contribution in [2.24, 2.45) is 5.41 Å². The molecule has 0 radical (unpaired) electrons. The fraction of sp³-hybridized carbons (Fsp3) is 1.00. The van der Waals surface area contributed by atoms with Crippen LogP contribution in [0.5, 0.6) is 0 Å². The van der Waals surface area contributed by atoms with Gasteiger partial charge in [-0.25, -0.2) is 0 Å². The molecule has 15 heavy (non-hydrogen) atoms. The quantitative estimate of drug-likeness (QED) is 0.732. The van der Waals surface area contributed by atoms with Gasteiger partial charge in [-0.1, -0.05) is 6.42 Å². The maximum absolute atomic E-state index is 5.80. The molecule has 0 bridgehead atoms. The zero-order valence-electron chi connectivity index (χ0n) is 9.41. The van der Waals surface area contributed by atoms with E-state index in [9.17, 15) is 0 Å². The lowest BCUT2D eigenvalue weighted by molar-refractivity contribution is -0.0674. The maximum atomic E-state index is 5.80. The summed E-state index contributed by atoms with van der Waals surface area (Å²) in [7, 11) is 0. The molecular weight excluding hydrogens is 208 g/mol. The number of thiol groups is 1. The van der Waals surface area contributed by atoms with Crippen LogP contribution < -0.4 is 0 Å². The molecule has 88 valence electrons. The minimum absolute atomic E-state index is 0.357. The highest BCUT2D eigenvalue weighted by Crippen LogP contribution is 2.41. The van der Waals surface area contributed by atoms with E-state index in [-0.39, 0.29) is 0 Å². The third-order valence-electron chi connectivity index (χ3n) is 3.74. The van der Waals surface area contributed by atoms with Crippen molar-refractivity contribution < 1.29 is 9.47 Å². The van der Waals surface area contributed by atoms with E-state index < -0.39 is 0 Å². The Hall–Kier alpha value is 0.270. The third-order valence-corrected chi connectivity index (χ3v) is 4.41. The molecule has 0 aromatic heterocycles. The van der Waals surface area contributed by atoms with Crippen molar-refractivity contribution in [1.82, 2.24) is 0 Å². The van der Waals surface area contributed by atoms with E-state index in [0.29, 0.717) is 11.5 Å². The summed E-state index contributed by atoms with van der Waals surface area (Å²) in [6.07, 6.45) is 7.99. The summed E-state index contributed by atoms with van der Waals surface area (Å²) in [6, 6.07) is 0. The van der Waals surface area contributed by atoms with Gasteiger partial charge < -0.3 is 9.47 Å². The Morgan fingerprint density at radius 3 is 2.67 bits per heavy atom. The fourth-order valence-corrected chi connectivity index (χ4v) is 2.78. The Morgan fingerprint density at radius 2 is 2.13 bits per heavy atom. The molecule has 0 spiro atoms. The van der Waals surface area contributed by atoms with Gasteiger partial charge in [0.1, 0.15) is 0 Å². The SMILES string of the molecule is SCC1(COCC2CCCCO2)CCC1. The molecule has 1 atom stereocenters. The molecular formula is C12H22O2S. The largest absolute Gasteiger partial charge is 0.378 e. The molecule has 2 fully saturated rings. The van der Waals surface area contributed by atoms with E-state index in [0.717, 1.165) is 25.6 Å². The molecule has 1 saturated heterocycles. The first kappa shape index (κ1) is 11.7. The topological polar surface area (TPSA) is 18.5 Å². The van der Waals surface area contributed by atoms with Gasteiger partial charge in [-0.2, -0.15) is 12.6 Å². The van der Waals surface area contributed by atoms with Gasteiger partial charge >= 0.3 is 0 Å². The highest BCUT2D eigenvalue weighted by Gasteiger charge is 2.35. The molecule has 1 aliphatic carbocycles. The first-order chi connectivity index (χ1) is 7.35. The van der Waals surface area contributed by atoms with E-state index in [1.165, 1.54) is 38.5 Å². The lowest BCUT2D eigenvalue weighted by atomic mass is 9.71. The second-order valence-electron chi connectivity index (χ2n) is 5.02. The number of hydrogen-bond donors (Lipinski definition) is 1. The van der Waals surface area contributed by atoms with Crippen LogP contribution in [0.4, 0.5) is 0 Å². The van der Waals surface area contributed by atoms with Gasteiger partial charge in [-0.05, 0) is 37.9 Å². The van der Waals surface area contributed by atoms with Crippen LogP contribution in [0.2, 0.25) is 0 Å². The Kier molecular flexibility index (Phi) is 4.35.